The smallest absolute Gasteiger partial charge is 0.416 e. The van der Waals surface area contributed by atoms with Crippen LogP contribution >= 0.6 is 0 Å². The van der Waals surface area contributed by atoms with Gasteiger partial charge in [-0.05, 0) is 83.8 Å². The van der Waals surface area contributed by atoms with Crippen molar-refractivity contribution >= 4 is 23.5 Å². The van der Waals surface area contributed by atoms with Gasteiger partial charge in [0.05, 0.1) is 19.1 Å². The van der Waals surface area contributed by atoms with Crippen LogP contribution in [-0.4, -0.2) is 58.1 Å². The molecule has 262 valence electrons. The fourth-order valence-electron chi connectivity index (χ4n) is 5.77. The number of rotatable bonds is 11. The molecule has 0 saturated carbocycles. The Balaban J connectivity index is 1.10. The first-order valence-electron chi connectivity index (χ1n) is 15.9. The lowest BCUT2D eigenvalue weighted by Gasteiger charge is -2.21. The molecule has 0 radical (unpaired) electrons. The summed E-state index contributed by atoms with van der Waals surface area (Å²) >= 11 is 0. The average molecular weight is 700 g/mol. The molecule has 2 amide bonds. The topological polar surface area (TPSA) is 147 Å². The Morgan fingerprint density at radius 1 is 0.961 bits per heavy atom. The molecule has 6 rings (SSSR count). The van der Waals surface area contributed by atoms with Gasteiger partial charge >= 0.3 is 12.1 Å². The van der Waals surface area contributed by atoms with E-state index in [9.17, 15) is 32.7 Å². The maximum atomic E-state index is 13.6. The highest BCUT2D eigenvalue weighted by Gasteiger charge is 2.34. The quantitative estimate of drug-likeness (QED) is 0.151. The number of alkyl halides is 3. The molecule has 1 aliphatic heterocycles. The molecule has 1 aromatic heterocycles. The molecule has 51 heavy (non-hydrogen) atoms. The number of benzene rings is 4. The van der Waals surface area contributed by atoms with Crippen molar-refractivity contribution in [3.05, 3.63) is 118 Å². The molecular formula is C37H32F3N5O6. The van der Waals surface area contributed by atoms with Crippen LogP contribution in [0.2, 0.25) is 0 Å². The zero-order valence-electron chi connectivity index (χ0n) is 27.3. The Bertz CT molecular complexity index is 2060. The summed E-state index contributed by atoms with van der Waals surface area (Å²) in [4.78, 5) is 43.4. The van der Waals surface area contributed by atoms with Gasteiger partial charge in [0.1, 0.15) is 12.3 Å². The van der Waals surface area contributed by atoms with Gasteiger partial charge in [0.15, 0.2) is 0 Å². The van der Waals surface area contributed by atoms with Crippen LogP contribution in [0.4, 0.5) is 18.9 Å². The number of carbonyl (C=O) groups excluding carboxylic acids is 2. The third-order valence-corrected chi connectivity index (χ3v) is 8.35. The molecule has 14 heteroatoms. The van der Waals surface area contributed by atoms with E-state index in [1.807, 2.05) is 6.07 Å². The number of carboxylic acids is 1. The number of amides is 2. The fraction of sp³-hybridized carbons (Fsp3) is 0.216. The van der Waals surface area contributed by atoms with Gasteiger partial charge in [0.2, 0.25) is 11.7 Å². The van der Waals surface area contributed by atoms with Crippen molar-refractivity contribution in [2.75, 3.05) is 25.5 Å². The van der Waals surface area contributed by atoms with Crippen molar-refractivity contribution in [2.24, 2.45) is 0 Å². The first-order chi connectivity index (χ1) is 24.5. The predicted molar refractivity (Wildman–Crippen MR) is 180 cm³/mol. The van der Waals surface area contributed by atoms with Gasteiger partial charge in [0.25, 0.3) is 11.8 Å². The lowest BCUT2D eigenvalue weighted by molar-refractivity contribution is -0.139. The average Bonchev–Trinajstić information content (AvgIpc) is 3.61. The monoisotopic (exact) mass is 699 g/mol. The normalized spacial score (nSPS) is 12.5. The molecule has 2 heterocycles. The van der Waals surface area contributed by atoms with Crippen molar-refractivity contribution < 1.29 is 41.9 Å². The van der Waals surface area contributed by atoms with E-state index in [1.54, 1.807) is 24.3 Å². The van der Waals surface area contributed by atoms with Crippen LogP contribution in [0.1, 0.15) is 38.2 Å². The summed E-state index contributed by atoms with van der Waals surface area (Å²) in [5.41, 5.74) is 3.83. The second-order valence-corrected chi connectivity index (χ2v) is 11.9. The highest BCUT2D eigenvalue weighted by atomic mass is 19.4. The lowest BCUT2D eigenvalue weighted by Crippen LogP contribution is -2.35. The van der Waals surface area contributed by atoms with E-state index in [-0.39, 0.29) is 29.1 Å². The van der Waals surface area contributed by atoms with Gasteiger partial charge in [0, 0.05) is 35.5 Å². The van der Waals surface area contributed by atoms with Crippen molar-refractivity contribution in [3.63, 3.8) is 0 Å². The summed E-state index contributed by atoms with van der Waals surface area (Å²) < 4.78 is 51.1. The van der Waals surface area contributed by atoms with Crippen molar-refractivity contribution in [2.45, 2.75) is 32.1 Å². The van der Waals surface area contributed by atoms with Crippen LogP contribution in [0, 0.1) is 0 Å². The third-order valence-electron chi connectivity index (χ3n) is 8.35. The van der Waals surface area contributed by atoms with Crippen LogP contribution in [0.25, 0.3) is 22.8 Å². The summed E-state index contributed by atoms with van der Waals surface area (Å²) in [6.45, 7) is 1.14. The molecule has 4 aromatic carbocycles. The third kappa shape index (κ3) is 8.41. The molecule has 0 spiro atoms. The zero-order chi connectivity index (χ0) is 36.1. The maximum Gasteiger partial charge on any atom is 0.416 e. The molecule has 0 saturated heterocycles. The summed E-state index contributed by atoms with van der Waals surface area (Å²) in [7, 11) is 1.25. The number of fused-ring (bicyclic) bond motifs is 1. The van der Waals surface area contributed by atoms with E-state index >= 15 is 0 Å². The number of hydrogen-bond donors (Lipinski definition) is 3. The van der Waals surface area contributed by atoms with Gasteiger partial charge in [-0.25, -0.2) is 0 Å². The molecular weight excluding hydrogens is 667 g/mol. The second-order valence-electron chi connectivity index (χ2n) is 11.9. The van der Waals surface area contributed by atoms with Gasteiger partial charge in [-0.15, -0.1) is 0 Å². The van der Waals surface area contributed by atoms with E-state index in [2.05, 4.69) is 32.9 Å². The van der Waals surface area contributed by atoms with Gasteiger partial charge in [-0.3, -0.25) is 14.4 Å². The number of nitrogens with zero attached hydrogens (tertiary/aromatic N) is 3. The van der Waals surface area contributed by atoms with E-state index in [1.165, 1.54) is 54.6 Å². The second kappa shape index (κ2) is 14.8. The summed E-state index contributed by atoms with van der Waals surface area (Å²) in [5.74, 6) is -1.69. The molecule has 0 aliphatic carbocycles. The molecule has 3 N–H and O–H groups in total. The summed E-state index contributed by atoms with van der Waals surface area (Å²) in [5, 5.41) is 19.5. The molecule has 0 fully saturated rings. The highest BCUT2D eigenvalue weighted by Crippen LogP contribution is 2.35. The van der Waals surface area contributed by atoms with Crippen LogP contribution in [0.15, 0.2) is 89.5 Å². The largest absolute Gasteiger partial charge is 0.497 e. The number of carboxylic acid groups (broad SMARTS) is 1. The number of aromatic nitrogens is 2. The van der Waals surface area contributed by atoms with E-state index in [4.69, 9.17) is 9.26 Å². The molecule has 5 aromatic rings. The summed E-state index contributed by atoms with van der Waals surface area (Å²) in [6, 6.07) is 22.0. The van der Waals surface area contributed by atoms with E-state index in [0.29, 0.717) is 22.8 Å². The fourth-order valence-corrected chi connectivity index (χ4v) is 5.77. The number of hydrogen-bond acceptors (Lipinski definition) is 8. The molecule has 11 nitrogen and oxygen atoms in total. The number of anilines is 1. The van der Waals surface area contributed by atoms with Crippen molar-refractivity contribution in [1.29, 1.82) is 0 Å². The van der Waals surface area contributed by atoms with Crippen molar-refractivity contribution in [1.82, 2.24) is 20.4 Å². The van der Waals surface area contributed by atoms with Crippen molar-refractivity contribution in [3.8, 4) is 28.6 Å². The van der Waals surface area contributed by atoms with Crippen LogP contribution < -0.4 is 15.4 Å². The van der Waals surface area contributed by atoms with Gasteiger partial charge in [-0.2, -0.15) is 18.2 Å². The SMILES string of the molecule is COc1ccc(CC(=O)Nc2ccc(C(=O)N(CC(=O)O)Cc3ccc(-c4noc(-c5ccc6c(c5)CCNC6)n4)cc3)cc2)c(C(F)(F)F)c1. The number of ether oxygens (including phenoxy) is 1. The van der Waals surface area contributed by atoms with Gasteiger partial charge in [-0.1, -0.05) is 41.6 Å². The number of methoxy groups -OCH3 is 1. The number of nitrogens with one attached hydrogen (secondary N) is 2. The summed E-state index contributed by atoms with van der Waals surface area (Å²) in [6.07, 6.45) is -4.32. The van der Waals surface area contributed by atoms with Crippen LogP contribution in [0.5, 0.6) is 5.75 Å². The molecule has 1 aliphatic rings. The van der Waals surface area contributed by atoms with Gasteiger partial charge < -0.3 is 29.9 Å². The predicted octanol–water partition coefficient (Wildman–Crippen LogP) is 5.98. The zero-order valence-corrected chi connectivity index (χ0v) is 27.3. The number of aliphatic carboxylic acids is 1. The minimum Gasteiger partial charge on any atom is -0.497 e. The number of halogens is 3. The first-order valence-corrected chi connectivity index (χ1v) is 15.9. The molecule has 0 atom stereocenters. The maximum absolute atomic E-state index is 13.6. The lowest BCUT2D eigenvalue weighted by atomic mass is 9.98. The van der Waals surface area contributed by atoms with Crippen LogP contribution in [-0.2, 0) is 41.7 Å². The van der Waals surface area contributed by atoms with Crippen LogP contribution in [0.3, 0.4) is 0 Å². The number of carbonyl (C=O) groups is 3. The molecule has 0 bridgehead atoms. The Morgan fingerprint density at radius 3 is 2.41 bits per heavy atom. The molecule has 0 unspecified atom stereocenters. The minimum absolute atomic E-state index is 0.0120. The van der Waals surface area contributed by atoms with E-state index < -0.39 is 42.5 Å². The van der Waals surface area contributed by atoms with E-state index in [0.717, 1.165) is 36.0 Å². The Labute approximate surface area is 290 Å². The standard InChI is InChI=1S/C37H32F3N5O6/c1-50-30-13-10-26(31(18-30)37(38,39)40)17-32(46)42-29-11-8-24(9-12-29)36(49)45(21-33(47)48)20-22-2-4-23(5-3-22)34-43-35(51-44-34)27-6-7-28-19-41-15-14-25(28)16-27/h2-13,16,18,41H,14-15,17,19-21H2,1H3,(H,42,46)(H,47,48). The first kappa shape index (κ1) is 34.8. The highest BCUT2D eigenvalue weighted by molar-refractivity contribution is 5.97. The minimum atomic E-state index is -4.69. The Hall–Kier alpha value is -6.02. The Morgan fingerprint density at radius 2 is 1.71 bits per heavy atom. The Kier molecular flexibility index (Phi) is 10.1.